The summed E-state index contributed by atoms with van der Waals surface area (Å²) in [6.45, 7) is 7.33. The molecule has 2 rings (SSSR count). The topological polar surface area (TPSA) is 21.3 Å². The van der Waals surface area contributed by atoms with Crippen molar-refractivity contribution >= 4 is 23.5 Å². The molecule has 1 fully saturated rings. The van der Waals surface area contributed by atoms with E-state index in [2.05, 4.69) is 73.9 Å². The van der Waals surface area contributed by atoms with Gasteiger partial charge in [0.05, 0.1) is 6.10 Å². The summed E-state index contributed by atoms with van der Waals surface area (Å²) in [5.74, 6) is 4.77. The molecular weight excluding hydrogens is 286 g/mol. The Balaban J connectivity index is 2.15. The zero-order valence-corrected chi connectivity index (χ0v) is 14.2. The molecule has 2 nitrogen and oxygen atoms in total. The number of hydrogen-bond acceptors (Lipinski definition) is 4. The first-order valence-electron chi connectivity index (χ1n) is 7.40. The highest BCUT2D eigenvalue weighted by molar-refractivity contribution is 8.06. The van der Waals surface area contributed by atoms with Crippen LogP contribution in [0, 0.1) is 0 Å². The molecule has 0 aromatic heterocycles. The first-order valence-corrected chi connectivity index (χ1v) is 9.60. The summed E-state index contributed by atoms with van der Waals surface area (Å²) in [6.07, 6.45) is 0.224. The third-order valence-electron chi connectivity index (χ3n) is 3.23. The van der Waals surface area contributed by atoms with Crippen molar-refractivity contribution in [3.63, 3.8) is 0 Å². The highest BCUT2D eigenvalue weighted by Crippen LogP contribution is 2.34. The molecule has 1 aromatic carbocycles. The monoisotopic (exact) mass is 311 g/mol. The Labute approximate surface area is 131 Å². The Morgan fingerprint density at radius 2 is 2.20 bits per heavy atom. The predicted molar refractivity (Wildman–Crippen MR) is 92.2 cm³/mol. The van der Waals surface area contributed by atoms with Crippen molar-refractivity contribution in [3.8, 4) is 5.75 Å². The molecule has 0 spiro atoms. The van der Waals surface area contributed by atoms with Crippen LogP contribution in [0.4, 0.5) is 0 Å². The van der Waals surface area contributed by atoms with Crippen molar-refractivity contribution in [1.82, 2.24) is 5.32 Å². The van der Waals surface area contributed by atoms with Gasteiger partial charge < -0.3 is 10.1 Å². The summed E-state index contributed by atoms with van der Waals surface area (Å²) < 4.78 is 5.83. The van der Waals surface area contributed by atoms with E-state index >= 15 is 0 Å². The molecule has 112 valence electrons. The van der Waals surface area contributed by atoms with Crippen LogP contribution >= 0.6 is 23.5 Å². The van der Waals surface area contributed by atoms with Crippen LogP contribution in [0.2, 0.25) is 0 Å². The number of nitrogens with one attached hydrogen (secondary N) is 1. The molecule has 1 N–H and O–H groups in total. The molecule has 4 heteroatoms. The van der Waals surface area contributed by atoms with Crippen LogP contribution in [0.5, 0.6) is 5.75 Å². The van der Waals surface area contributed by atoms with E-state index in [1.807, 2.05) is 0 Å². The van der Waals surface area contributed by atoms with E-state index in [9.17, 15) is 0 Å². The van der Waals surface area contributed by atoms with Gasteiger partial charge in [-0.1, -0.05) is 19.1 Å². The summed E-state index contributed by atoms with van der Waals surface area (Å²) in [4.78, 5) is 0. The predicted octanol–water partition coefficient (Wildman–Crippen LogP) is 3.97. The average Bonchev–Trinajstić information content (AvgIpc) is 2.45. The van der Waals surface area contributed by atoms with Gasteiger partial charge in [-0.2, -0.15) is 23.5 Å². The Kier molecular flexibility index (Phi) is 6.59. The first kappa shape index (κ1) is 16.1. The van der Waals surface area contributed by atoms with E-state index in [0.29, 0.717) is 11.3 Å². The molecular formula is C16H25NOS2. The molecule has 1 aromatic rings. The van der Waals surface area contributed by atoms with Crippen LogP contribution in [0.3, 0.4) is 0 Å². The lowest BCUT2D eigenvalue weighted by molar-refractivity contribution is 0.242. The minimum atomic E-state index is 0.224. The van der Waals surface area contributed by atoms with E-state index in [1.54, 1.807) is 0 Å². The van der Waals surface area contributed by atoms with Crippen LogP contribution in [0.15, 0.2) is 24.3 Å². The van der Waals surface area contributed by atoms with Gasteiger partial charge in [0.15, 0.2) is 0 Å². The normalized spacial score (nSPS) is 20.9. The van der Waals surface area contributed by atoms with Crippen LogP contribution in [0.1, 0.15) is 32.4 Å². The Morgan fingerprint density at radius 1 is 1.35 bits per heavy atom. The third kappa shape index (κ3) is 4.61. The van der Waals surface area contributed by atoms with Crippen LogP contribution in [-0.2, 0) is 0 Å². The molecule has 0 amide bonds. The molecule has 1 aliphatic heterocycles. The molecule has 2 unspecified atom stereocenters. The molecule has 2 atom stereocenters. The Hall–Kier alpha value is -0.320. The molecule has 1 heterocycles. The van der Waals surface area contributed by atoms with Gasteiger partial charge in [0.2, 0.25) is 0 Å². The number of ether oxygens (including phenoxy) is 1. The smallest absolute Gasteiger partial charge is 0.120 e. The van der Waals surface area contributed by atoms with Crippen LogP contribution in [-0.4, -0.2) is 35.2 Å². The highest BCUT2D eigenvalue weighted by atomic mass is 32.2. The van der Waals surface area contributed by atoms with Crippen molar-refractivity contribution < 1.29 is 4.74 Å². The van der Waals surface area contributed by atoms with Crippen molar-refractivity contribution in [2.45, 2.75) is 38.2 Å². The zero-order valence-electron chi connectivity index (χ0n) is 12.6. The molecule has 0 bridgehead atoms. The van der Waals surface area contributed by atoms with Crippen molar-refractivity contribution in [2.24, 2.45) is 0 Å². The highest BCUT2D eigenvalue weighted by Gasteiger charge is 2.25. The Morgan fingerprint density at radius 3 is 2.85 bits per heavy atom. The maximum absolute atomic E-state index is 5.83. The lowest BCUT2D eigenvalue weighted by Gasteiger charge is -2.30. The largest absolute Gasteiger partial charge is 0.491 e. The second kappa shape index (κ2) is 8.20. The van der Waals surface area contributed by atoms with Crippen molar-refractivity contribution in [3.05, 3.63) is 29.8 Å². The molecule has 0 saturated carbocycles. The minimum absolute atomic E-state index is 0.224. The number of benzene rings is 1. The van der Waals surface area contributed by atoms with Gasteiger partial charge in [-0.15, -0.1) is 0 Å². The van der Waals surface area contributed by atoms with Gasteiger partial charge in [-0.3, -0.25) is 0 Å². The second-order valence-electron chi connectivity index (χ2n) is 5.26. The maximum atomic E-state index is 5.83. The molecule has 0 aliphatic carbocycles. The summed E-state index contributed by atoms with van der Waals surface area (Å²) in [5.41, 5.74) is 1.35. The summed E-state index contributed by atoms with van der Waals surface area (Å²) in [7, 11) is 0. The van der Waals surface area contributed by atoms with Crippen molar-refractivity contribution in [1.29, 1.82) is 0 Å². The van der Waals surface area contributed by atoms with Crippen LogP contribution in [0.25, 0.3) is 0 Å². The van der Waals surface area contributed by atoms with Gasteiger partial charge in [-0.05, 0) is 38.1 Å². The van der Waals surface area contributed by atoms with E-state index in [0.717, 1.165) is 12.3 Å². The minimum Gasteiger partial charge on any atom is -0.491 e. The average molecular weight is 312 g/mol. The van der Waals surface area contributed by atoms with Gasteiger partial charge in [0, 0.05) is 28.6 Å². The molecule has 0 radical (unpaired) electrons. The van der Waals surface area contributed by atoms with Gasteiger partial charge in [-0.25, -0.2) is 0 Å². The van der Waals surface area contributed by atoms with E-state index < -0.39 is 0 Å². The molecule has 1 saturated heterocycles. The standard InChI is InChI=1S/C16H25NOS2/c1-4-17-16(15-11-19-8-9-20-15)13-6-5-7-14(10-13)18-12(2)3/h5-7,10,12,15-17H,4,8-9,11H2,1-3H3. The number of hydrogen-bond donors (Lipinski definition) is 1. The van der Waals surface area contributed by atoms with E-state index in [1.165, 1.54) is 22.8 Å². The fourth-order valence-corrected chi connectivity index (χ4v) is 5.31. The lowest BCUT2D eigenvalue weighted by Crippen LogP contribution is -2.33. The maximum Gasteiger partial charge on any atom is 0.120 e. The summed E-state index contributed by atoms with van der Waals surface area (Å²) in [5, 5.41) is 4.31. The van der Waals surface area contributed by atoms with Gasteiger partial charge in [0.25, 0.3) is 0 Å². The SMILES string of the molecule is CCNC(c1cccc(OC(C)C)c1)C1CSCCS1. The second-order valence-corrected chi connectivity index (χ2v) is 7.76. The lowest BCUT2D eigenvalue weighted by atomic mass is 10.0. The number of rotatable bonds is 6. The van der Waals surface area contributed by atoms with Crippen molar-refractivity contribution in [2.75, 3.05) is 23.8 Å². The quantitative estimate of drug-likeness (QED) is 0.857. The summed E-state index contributed by atoms with van der Waals surface area (Å²) in [6, 6.07) is 9.01. The Bertz CT molecular complexity index is 405. The van der Waals surface area contributed by atoms with Gasteiger partial charge >= 0.3 is 0 Å². The van der Waals surface area contributed by atoms with Crippen LogP contribution < -0.4 is 10.1 Å². The van der Waals surface area contributed by atoms with Gasteiger partial charge in [0.1, 0.15) is 5.75 Å². The third-order valence-corrected chi connectivity index (χ3v) is 6.09. The first-order chi connectivity index (χ1) is 9.70. The summed E-state index contributed by atoms with van der Waals surface area (Å²) >= 11 is 4.18. The zero-order chi connectivity index (χ0) is 14.4. The fraction of sp³-hybridized carbons (Fsp3) is 0.625. The van der Waals surface area contributed by atoms with E-state index in [-0.39, 0.29) is 6.10 Å². The number of thioether (sulfide) groups is 2. The fourth-order valence-electron chi connectivity index (χ4n) is 2.44. The molecule has 20 heavy (non-hydrogen) atoms. The molecule has 1 aliphatic rings. The van der Waals surface area contributed by atoms with E-state index in [4.69, 9.17) is 4.74 Å².